The first-order chi connectivity index (χ1) is 10.7. The molecule has 0 saturated heterocycles. The van der Waals surface area contributed by atoms with Crippen LogP contribution < -0.4 is 4.74 Å². The molecule has 0 unspecified atom stereocenters. The largest absolute Gasteiger partial charge is 0.476 e. The van der Waals surface area contributed by atoms with E-state index in [0.29, 0.717) is 17.5 Å². The minimum atomic E-state index is 0.538. The number of ether oxygens (including phenoxy) is 1. The Labute approximate surface area is 134 Å². The van der Waals surface area contributed by atoms with Crippen LogP contribution in [0.25, 0.3) is 16.9 Å². The van der Waals surface area contributed by atoms with Gasteiger partial charge in [-0.1, -0.05) is 35.9 Å². The van der Waals surface area contributed by atoms with Gasteiger partial charge in [-0.15, -0.1) is 5.10 Å². The van der Waals surface area contributed by atoms with Crippen LogP contribution in [-0.4, -0.2) is 21.4 Å². The van der Waals surface area contributed by atoms with Crippen molar-refractivity contribution in [2.24, 2.45) is 0 Å². The van der Waals surface area contributed by atoms with Gasteiger partial charge in [0.15, 0.2) is 5.82 Å². The molecule has 0 aliphatic heterocycles. The van der Waals surface area contributed by atoms with E-state index in [1.54, 1.807) is 10.9 Å². The summed E-state index contributed by atoms with van der Waals surface area (Å²) in [5.74, 6) is 1.32. The molecule has 0 bridgehead atoms. The van der Waals surface area contributed by atoms with Gasteiger partial charge < -0.3 is 4.74 Å². The Bertz CT molecular complexity index is 784. The van der Waals surface area contributed by atoms with Gasteiger partial charge in [0.1, 0.15) is 0 Å². The minimum Gasteiger partial charge on any atom is -0.476 e. The third-order valence-electron chi connectivity index (χ3n) is 3.37. The van der Waals surface area contributed by atoms with Crippen LogP contribution in [0, 0.1) is 6.92 Å². The Balaban J connectivity index is 2.21. The molecule has 3 rings (SSSR count). The maximum absolute atomic E-state index is 6.35. The number of benzene rings is 1. The number of nitrogens with zero attached hydrogens (tertiary/aromatic N) is 3. The van der Waals surface area contributed by atoms with Crippen molar-refractivity contribution in [1.82, 2.24) is 14.8 Å². The van der Waals surface area contributed by atoms with E-state index in [9.17, 15) is 0 Å². The second kappa shape index (κ2) is 6.20. The Morgan fingerprint density at radius 2 is 1.91 bits per heavy atom. The van der Waals surface area contributed by atoms with Crippen LogP contribution in [0.4, 0.5) is 0 Å². The van der Waals surface area contributed by atoms with E-state index in [1.807, 2.05) is 56.3 Å². The lowest BCUT2D eigenvalue weighted by molar-refractivity contribution is 0.325. The fourth-order valence-corrected chi connectivity index (χ4v) is 2.62. The average Bonchev–Trinajstić information content (AvgIpc) is 2.86. The monoisotopic (exact) mass is 313 g/mol. The van der Waals surface area contributed by atoms with Gasteiger partial charge in [0.25, 0.3) is 0 Å². The molecule has 0 fully saturated rings. The topological polar surface area (TPSA) is 39.9 Å². The van der Waals surface area contributed by atoms with Crippen LogP contribution in [-0.2, 0) is 0 Å². The Kier molecular flexibility index (Phi) is 4.11. The highest BCUT2D eigenvalue weighted by molar-refractivity contribution is 6.33. The molecule has 3 aromatic rings. The standard InChI is InChI=1S/C17H16ClN3O/c1-3-22-17-16(13-8-4-5-9-14(13)18)12(2)21(20-17)15-10-6-7-11-19-15/h4-11H,3H2,1-2H3. The normalized spacial score (nSPS) is 10.7. The molecule has 0 saturated carbocycles. The van der Waals surface area contributed by atoms with E-state index in [-0.39, 0.29) is 0 Å². The predicted octanol–water partition coefficient (Wildman–Crippen LogP) is 4.29. The van der Waals surface area contributed by atoms with Crippen LogP contribution in [0.15, 0.2) is 48.7 Å². The Hall–Kier alpha value is -2.33. The SMILES string of the molecule is CCOc1nn(-c2ccccn2)c(C)c1-c1ccccc1Cl. The van der Waals surface area contributed by atoms with Crippen LogP contribution in [0.5, 0.6) is 5.88 Å². The summed E-state index contributed by atoms with van der Waals surface area (Å²) < 4.78 is 7.49. The van der Waals surface area contributed by atoms with Crippen molar-refractivity contribution in [2.75, 3.05) is 6.61 Å². The fourth-order valence-electron chi connectivity index (χ4n) is 2.39. The lowest BCUT2D eigenvalue weighted by Crippen LogP contribution is -2.01. The maximum Gasteiger partial charge on any atom is 0.241 e. The molecule has 5 heteroatoms. The highest BCUT2D eigenvalue weighted by atomic mass is 35.5. The van der Waals surface area contributed by atoms with Crippen molar-refractivity contribution >= 4 is 11.6 Å². The van der Waals surface area contributed by atoms with Crippen molar-refractivity contribution in [3.05, 3.63) is 59.4 Å². The van der Waals surface area contributed by atoms with Crippen molar-refractivity contribution in [3.8, 4) is 22.8 Å². The molecular weight excluding hydrogens is 298 g/mol. The third-order valence-corrected chi connectivity index (χ3v) is 3.70. The smallest absolute Gasteiger partial charge is 0.241 e. The Morgan fingerprint density at radius 1 is 1.14 bits per heavy atom. The van der Waals surface area contributed by atoms with Gasteiger partial charge in [0.2, 0.25) is 5.88 Å². The van der Waals surface area contributed by atoms with E-state index < -0.39 is 0 Å². The molecule has 2 aromatic heterocycles. The maximum atomic E-state index is 6.35. The van der Waals surface area contributed by atoms with E-state index in [1.165, 1.54) is 0 Å². The Morgan fingerprint density at radius 3 is 2.59 bits per heavy atom. The average molecular weight is 314 g/mol. The molecule has 0 amide bonds. The van der Waals surface area contributed by atoms with Gasteiger partial charge in [-0.2, -0.15) is 0 Å². The zero-order valence-corrected chi connectivity index (χ0v) is 13.2. The molecular formula is C17H16ClN3O. The summed E-state index contributed by atoms with van der Waals surface area (Å²) in [6.45, 7) is 4.46. The second-order valence-electron chi connectivity index (χ2n) is 4.78. The highest BCUT2D eigenvalue weighted by Gasteiger charge is 2.20. The van der Waals surface area contributed by atoms with Gasteiger partial charge >= 0.3 is 0 Å². The quantitative estimate of drug-likeness (QED) is 0.721. The number of aromatic nitrogens is 3. The summed E-state index contributed by atoms with van der Waals surface area (Å²) in [4.78, 5) is 4.35. The molecule has 2 heterocycles. The zero-order valence-electron chi connectivity index (χ0n) is 12.5. The highest BCUT2D eigenvalue weighted by Crippen LogP contribution is 2.37. The summed E-state index contributed by atoms with van der Waals surface area (Å²) in [5, 5.41) is 5.23. The first-order valence-electron chi connectivity index (χ1n) is 7.11. The minimum absolute atomic E-state index is 0.538. The summed E-state index contributed by atoms with van der Waals surface area (Å²) in [7, 11) is 0. The van der Waals surface area contributed by atoms with E-state index in [4.69, 9.17) is 16.3 Å². The van der Waals surface area contributed by atoms with E-state index in [2.05, 4.69) is 10.1 Å². The number of pyridine rings is 1. The number of hydrogen-bond donors (Lipinski definition) is 0. The zero-order chi connectivity index (χ0) is 15.5. The van der Waals surface area contributed by atoms with Gasteiger partial charge in [0.05, 0.1) is 17.9 Å². The van der Waals surface area contributed by atoms with Gasteiger partial charge in [0, 0.05) is 16.8 Å². The molecule has 0 atom stereocenters. The van der Waals surface area contributed by atoms with E-state index in [0.717, 1.165) is 22.6 Å². The number of hydrogen-bond acceptors (Lipinski definition) is 3. The first kappa shape index (κ1) is 14.6. The summed E-state index contributed by atoms with van der Waals surface area (Å²) >= 11 is 6.35. The van der Waals surface area contributed by atoms with Crippen molar-refractivity contribution in [2.45, 2.75) is 13.8 Å². The molecule has 22 heavy (non-hydrogen) atoms. The number of rotatable bonds is 4. The molecule has 112 valence electrons. The van der Waals surface area contributed by atoms with Gasteiger partial charge in [-0.3, -0.25) is 0 Å². The second-order valence-corrected chi connectivity index (χ2v) is 5.19. The van der Waals surface area contributed by atoms with Crippen LogP contribution >= 0.6 is 11.6 Å². The number of halogens is 1. The van der Waals surface area contributed by atoms with Crippen molar-refractivity contribution in [3.63, 3.8) is 0 Å². The van der Waals surface area contributed by atoms with Crippen LogP contribution in [0.2, 0.25) is 5.02 Å². The summed E-state index contributed by atoms with van der Waals surface area (Å²) in [6, 6.07) is 13.4. The molecule has 4 nitrogen and oxygen atoms in total. The summed E-state index contributed by atoms with van der Waals surface area (Å²) in [6.07, 6.45) is 1.74. The lowest BCUT2D eigenvalue weighted by Gasteiger charge is -2.06. The fraction of sp³-hybridized carbons (Fsp3) is 0.176. The molecule has 0 radical (unpaired) electrons. The van der Waals surface area contributed by atoms with Crippen LogP contribution in [0.1, 0.15) is 12.6 Å². The van der Waals surface area contributed by atoms with Gasteiger partial charge in [-0.05, 0) is 32.0 Å². The predicted molar refractivity (Wildman–Crippen MR) is 87.7 cm³/mol. The van der Waals surface area contributed by atoms with Crippen LogP contribution in [0.3, 0.4) is 0 Å². The first-order valence-corrected chi connectivity index (χ1v) is 7.49. The lowest BCUT2D eigenvalue weighted by atomic mass is 10.1. The molecule has 0 spiro atoms. The third kappa shape index (κ3) is 2.57. The summed E-state index contributed by atoms with van der Waals surface area (Å²) in [5.41, 5.74) is 2.75. The molecule has 0 aliphatic carbocycles. The van der Waals surface area contributed by atoms with Crippen molar-refractivity contribution in [1.29, 1.82) is 0 Å². The molecule has 0 N–H and O–H groups in total. The van der Waals surface area contributed by atoms with E-state index >= 15 is 0 Å². The molecule has 1 aromatic carbocycles. The van der Waals surface area contributed by atoms with Crippen molar-refractivity contribution < 1.29 is 4.74 Å². The van der Waals surface area contributed by atoms with Gasteiger partial charge in [-0.25, -0.2) is 9.67 Å². The molecule has 0 aliphatic rings.